The van der Waals surface area contributed by atoms with E-state index in [0.29, 0.717) is 0 Å². The first-order chi connectivity index (χ1) is 3.56. The lowest BCUT2D eigenvalue weighted by Gasteiger charge is -1.90. The highest BCUT2D eigenvalue weighted by Crippen LogP contribution is 1.69. The molecule has 0 amide bonds. The Morgan fingerprint density at radius 2 is 2.12 bits per heavy atom. The van der Waals surface area contributed by atoms with Crippen LogP contribution >= 0.6 is 0 Å². The summed E-state index contributed by atoms with van der Waals surface area (Å²) in [5.74, 6) is 0. The molecule has 0 aromatic carbocycles. The molecule has 0 atom stereocenters. The van der Waals surface area contributed by atoms with Gasteiger partial charge in [-0.25, -0.2) is 13.2 Å². The Labute approximate surface area is 48.6 Å². The summed E-state index contributed by atoms with van der Waals surface area (Å²) in [5, 5.41) is 3.28. The highest BCUT2D eigenvalue weighted by atomic mass is 32.2. The van der Waals surface area contributed by atoms with Crippen LogP contribution in [0.1, 0.15) is 6.92 Å². The van der Waals surface area contributed by atoms with Crippen molar-refractivity contribution < 1.29 is 8.42 Å². The van der Waals surface area contributed by atoms with E-state index < -0.39 is 10.0 Å². The lowest BCUT2D eigenvalue weighted by atomic mass is 10.9. The van der Waals surface area contributed by atoms with Crippen molar-refractivity contribution >= 4 is 16.2 Å². The van der Waals surface area contributed by atoms with Crippen LogP contribution in [0, 0.1) is 0 Å². The van der Waals surface area contributed by atoms with Gasteiger partial charge in [-0.15, -0.1) is 0 Å². The molecule has 0 bridgehead atoms. The van der Waals surface area contributed by atoms with Crippen LogP contribution in [0.15, 0.2) is 5.10 Å². The average Bonchev–Trinajstić information content (AvgIpc) is 1.59. The highest BCUT2D eigenvalue weighted by Gasteiger charge is 1.91. The zero-order valence-corrected chi connectivity index (χ0v) is 5.57. The van der Waals surface area contributed by atoms with E-state index >= 15 is 0 Å². The van der Waals surface area contributed by atoms with E-state index in [4.69, 9.17) is 0 Å². The number of nitrogens with zero attached hydrogens (tertiary/aromatic N) is 1. The van der Waals surface area contributed by atoms with Crippen molar-refractivity contribution in [3.05, 3.63) is 0 Å². The summed E-state index contributed by atoms with van der Waals surface area (Å²) in [6.07, 6.45) is 2.40. The highest BCUT2D eigenvalue weighted by molar-refractivity contribution is 7.88. The van der Waals surface area contributed by atoms with Crippen molar-refractivity contribution in [2.24, 2.45) is 5.10 Å². The predicted octanol–water partition coefficient (Wildman–Crippen LogP) is -0.459. The summed E-state index contributed by atoms with van der Waals surface area (Å²) in [4.78, 5) is 1.91. The number of hydrazone groups is 1. The molecule has 0 aromatic heterocycles. The fourth-order valence-electron chi connectivity index (χ4n) is 0.148. The minimum Gasteiger partial charge on any atom is -0.206 e. The molecule has 5 heteroatoms. The molecule has 0 aliphatic heterocycles. The fourth-order valence-corrected chi connectivity index (χ4v) is 0.445. The molecule has 0 saturated heterocycles. The first kappa shape index (κ1) is 7.42. The standard InChI is InChI=1S/C3H8N2O2S/c1-3-4-5-8(2,6)7/h3,5H,1-2H3. The van der Waals surface area contributed by atoms with E-state index in [-0.39, 0.29) is 0 Å². The van der Waals surface area contributed by atoms with Crippen molar-refractivity contribution in [2.45, 2.75) is 6.92 Å². The van der Waals surface area contributed by atoms with Crippen LogP contribution in [0.4, 0.5) is 0 Å². The SMILES string of the molecule is CC=NNS(C)(=O)=O. The molecule has 0 heterocycles. The molecule has 1 N–H and O–H groups in total. The molecule has 0 unspecified atom stereocenters. The Balaban J connectivity index is 3.76. The third-order valence-electron chi connectivity index (χ3n) is 0.348. The molecule has 0 radical (unpaired) electrons. The molecule has 0 fully saturated rings. The number of rotatable bonds is 2. The van der Waals surface area contributed by atoms with Crippen LogP contribution in [0.5, 0.6) is 0 Å². The van der Waals surface area contributed by atoms with Gasteiger partial charge in [0, 0.05) is 6.21 Å². The van der Waals surface area contributed by atoms with Crippen molar-refractivity contribution in [2.75, 3.05) is 6.26 Å². The molecule has 48 valence electrons. The van der Waals surface area contributed by atoms with Crippen LogP contribution in [-0.2, 0) is 10.0 Å². The smallest absolute Gasteiger partial charge is 0.206 e. The summed E-state index contributed by atoms with van der Waals surface area (Å²) in [7, 11) is -3.13. The minimum atomic E-state index is -3.13. The molecule has 0 spiro atoms. The van der Waals surface area contributed by atoms with Gasteiger partial charge in [-0.05, 0) is 6.92 Å². The number of sulfonamides is 1. The maximum Gasteiger partial charge on any atom is 0.244 e. The van der Waals surface area contributed by atoms with Gasteiger partial charge in [0.1, 0.15) is 0 Å². The minimum absolute atomic E-state index is 1.04. The van der Waals surface area contributed by atoms with Gasteiger partial charge < -0.3 is 0 Å². The number of hydrogen-bond donors (Lipinski definition) is 1. The molecular weight excluding hydrogens is 128 g/mol. The lowest BCUT2D eigenvalue weighted by molar-refractivity contribution is 0.591. The quantitative estimate of drug-likeness (QED) is 0.412. The second-order valence-electron chi connectivity index (χ2n) is 1.25. The van der Waals surface area contributed by atoms with Gasteiger partial charge in [-0.2, -0.15) is 5.10 Å². The van der Waals surface area contributed by atoms with Crippen LogP contribution in [-0.4, -0.2) is 20.9 Å². The van der Waals surface area contributed by atoms with Crippen molar-refractivity contribution in [3.63, 3.8) is 0 Å². The van der Waals surface area contributed by atoms with Gasteiger partial charge in [0.2, 0.25) is 10.0 Å². The monoisotopic (exact) mass is 136 g/mol. The Morgan fingerprint density at radius 3 is 2.25 bits per heavy atom. The van der Waals surface area contributed by atoms with Crippen LogP contribution in [0.3, 0.4) is 0 Å². The van der Waals surface area contributed by atoms with Gasteiger partial charge in [-0.3, -0.25) is 0 Å². The third-order valence-corrected chi connectivity index (χ3v) is 0.785. The second-order valence-corrected chi connectivity index (χ2v) is 2.98. The van der Waals surface area contributed by atoms with E-state index in [1.54, 1.807) is 6.92 Å². The first-order valence-electron chi connectivity index (χ1n) is 2.00. The molecule has 4 nitrogen and oxygen atoms in total. The zero-order chi connectivity index (χ0) is 6.62. The van der Waals surface area contributed by atoms with E-state index in [2.05, 4.69) is 5.10 Å². The topological polar surface area (TPSA) is 58.5 Å². The zero-order valence-electron chi connectivity index (χ0n) is 4.75. The van der Waals surface area contributed by atoms with Gasteiger partial charge in [-0.1, -0.05) is 0 Å². The first-order valence-corrected chi connectivity index (χ1v) is 3.90. The molecule has 8 heavy (non-hydrogen) atoms. The average molecular weight is 136 g/mol. The van der Waals surface area contributed by atoms with Gasteiger partial charge >= 0.3 is 0 Å². The molecular formula is C3H8N2O2S. The van der Waals surface area contributed by atoms with E-state index in [1.807, 2.05) is 4.83 Å². The van der Waals surface area contributed by atoms with Crippen molar-refractivity contribution in [1.29, 1.82) is 0 Å². The largest absolute Gasteiger partial charge is 0.244 e. The molecule has 0 aliphatic rings. The molecule has 0 saturated carbocycles. The van der Waals surface area contributed by atoms with Crippen LogP contribution in [0.2, 0.25) is 0 Å². The number of nitrogens with one attached hydrogen (secondary N) is 1. The Hall–Kier alpha value is -0.580. The van der Waals surface area contributed by atoms with Gasteiger partial charge in [0.15, 0.2) is 0 Å². The summed E-state index contributed by atoms with van der Waals surface area (Å²) in [6, 6.07) is 0. The molecule has 0 aromatic rings. The van der Waals surface area contributed by atoms with E-state index in [0.717, 1.165) is 6.26 Å². The third kappa shape index (κ3) is 5.42. The van der Waals surface area contributed by atoms with Gasteiger partial charge in [0.25, 0.3) is 0 Å². The Morgan fingerprint density at radius 1 is 1.62 bits per heavy atom. The summed E-state index contributed by atoms with van der Waals surface area (Å²) < 4.78 is 20.3. The van der Waals surface area contributed by atoms with E-state index in [1.165, 1.54) is 6.21 Å². The van der Waals surface area contributed by atoms with Crippen LogP contribution in [0.25, 0.3) is 0 Å². The Kier molecular flexibility index (Phi) is 2.47. The summed E-state index contributed by atoms with van der Waals surface area (Å²) in [5.41, 5.74) is 0. The summed E-state index contributed by atoms with van der Waals surface area (Å²) >= 11 is 0. The van der Waals surface area contributed by atoms with Crippen molar-refractivity contribution in [1.82, 2.24) is 4.83 Å². The number of hydrogen-bond acceptors (Lipinski definition) is 3. The molecule has 0 rings (SSSR count). The van der Waals surface area contributed by atoms with E-state index in [9.17, 15) is 8.42 Å². The van der Waals surface area contributed by atoms with Crippen LogP contribution < -0.4 is 4.83 Å². The normalized spacial score (nSPS) is 12.2. The Bertz CT molecular complexity index is 170. The predicted molar refractivity (Wildman–Crippen MR) is 32.1 cm³/mol. The maximum absolute atomic E-state index is 10.2. The second kappa shape index (κ2) is 2.66. The summed E-state index contributed by atoms with van der Waals surface area (Å²) in [6.45, 7) is 1.62. The lowest BCUT2D eigenvalue weighted by Crippen LogP contribution is -2.14. The maximum atomic E-state index is 10.2. The van der Waals surface area contributed by atoms with Gasteiger partial charge in [0.05, 0.1) is 6.26 Å². The fraction of sp³-hybridized carbons (Fsp3) is 0.667. The van der Waals surface area contributed by atoms with Crippen molar-refractivity contribution in [3.8, 4) is 0 Å². The molecule has 0 aliphatic carbocycles.